The van der Waals surface area contributed by atoms with E-state index in [2.05, 4.69) is 67.8 Å². The molecule has 0 aromatic heterocycles. The number of amides is 1. The molecule has 0 aliphatic rings. The summed E-state index contributed by atoms with van der Waals surface area (Å²) in [5.74, 6) is -0.0237. The fraction of sp³-hybridized carbons (Fsp3) is 0.866. The Balaban J connectivity index is 3.36. The standard InChI is InChI=1S/C67H127NO3/c1-3-5-7-9-11-13-15-17-19-21-23-24-25-26-27-28-29-30-31-32-33-34-35-36-37-38-39-40-41-42-43-44-45-47-49-51-53-55-57-59-61-63-67(71)68-65(64-69)66(70)62-60-58-56-54-52-50-48-46-22-20-18-16-14-12-10-8-6-4-2/h5,7,11,13,17,19,23-24,65-66,69-70H,3-4,6,8-10,12,14-16,18,20-22,25-64H2,1-2H3,(H,68,71)/b7-5-,13-11-,19-17-,24-23-. The van der Waals surface area contributed by atoms with E-state index in [1.54, 1.807) is 0 Å². The number of unbranched alkanes of at least 4 members (excludes halogenated alkanes) is 45. The molecule has 2 unspecified atom stereocenters. The van der Waals surface area contributed by atoms with Crippen LogP contribution in [0.5, 0.6) is 0 Å². The molecular weight excluding hydrogens is 867 g/mol. The number of aliphatic hydroxyl groups excluding tert-OH is 2. The van der Waals surface area contributed by atoms with E-state index in [9.17, 15) is 15.0 Å². The fourth-order valence-corrected chi connectivity index (χ4v) is 10.2. The molecule has 0 radical (unpaired) electrons. The summed E-state index contributed by atoms with van der Waals surface area (Å²) >= 11 is 0. The number of carbonyl (C=O) groups is 1. The molecular formula is C67H127NO3. The molecule has 4 heteroatoms. The Hall–Kier alpha value is -1.65. The first-order valence-corrected chi connectivity index (χ1v) is 32.3. The van der Waals surface area contributed by atoms with Gasteiger partial charge in [-0.1, -0.05) is 345 Å². The van der Waals surface area contributed by atoms with Crippen molar-refractivity contribution in [2.45, 2.75) is 366 Å². The van der Waals surface area contributed by atoms with Gasteiger partial charge in [0.15, 0.2) is 0 Å². The van der Waals surface area contributed by atoms with Crippen LogP contribution in [-0.4, -0.2) is 34.9 Å². The second-order valence-electron chi connectivity index (χ2n) is 22.2. The smallest absolute Gasteiger partial charge is 0.220 e. The maximum absolute atomic E-state index is 12.5. The highest BCUT2D eigenvalue weighted by molar-refractivity contribution is 5.76. The molecule has 0 saturated carbocycles. The number of rotatable bonds is 60. The second-order valence-corrected chi connectivity index (χ2v) is 22.2. The third-order valence-electron chi connectivity index (χ3n) is 15.1. The molecule has 0 bridgehead atoms. The lowest BCUT2D eigenvalue weighted by Gasteiger charge is -2.22. The Morgan fingerprint density at radius 2 is 0.620 bits per heavy atom. The van der Waals surface area contributed by atoms with Gasteiger partial charge in [0.1, 0.15) is 0 Å². The van der Waals surface area contributed by atoms with E-state index in [0.717, 1.165) is 51.4 Å². The van der Waals surface area contributed by atoms with E-state index in [-0.39, 0.29) is 12.5 Å². The van der Waals surface area contributed by atoms with E-state index in [4.69, 9.17) is 0 Å². The summed E-state index contributed by atoms with van der Waals surface area (Å²) in [7, 11) is 0. The van der Waals surface area contributed by atoms with Gasteiger partial charge >= 0.3 is 0 Å². The lowest BCUT2D eigenvalue weighted by molar-refractivity contribution is -0.123. The zero-order chi connectivity index (χ0) is 51.3. The van der Waals surface area contributed by atoms with Gasteiger partial charge < -0.3 is 15.5 Å². The molecule has 0 saturated heterocycles. The molecule has 3 N–H and O–H groups in total. The van der Waals surface area contributed by atoms with Gasteiger partial charge in [-0.25, -0.2) is 0 Å². The molecule has 0 heterocycles. The third-order valence-corrected chi connectivity index (χ3v) is 15.1. The monoisotopic (exact) mass is 994 g/mol. The van der Waals surface area contributed by atoms with Crippen molar-refractivity contribution < 1.29 is 15.0 Å². The van der Waals surface area contributed by atoms with Crippen LogP contribution in [0, 0.1) is 0 Å². The van der Waals surface area contributed by atoms with E-state index in [1.165, 1.54) is 276 Å². The Bertz CT molecular complexity index is 1130. The largest absolute Gasteiger partial charge is 0.394 e. The van der Waals surface area contributed by atoms with E-state index < -0.39 is 12.1 Å². The number of carbonyl (C=O) groups excluding carboxylic acids is 1. The zero-order valence-corrected chi connectivity index (χ0v) is 48.3. The maximum Gasteiger partial charge on any atom is 0.220 e. The van der Waals surface area contributed by atoms with Gasteiger partial charge in [-0.3, -0.25) is 4.79 Å². The average molecular weight is 995 g/mol. The first kappa shape index (κ1) is 69.3. The highest BCUT2D eigenvalue weighted by atomic mass is 16.3. The quantitative estimate of drug-likeness (QED) is 0.0420. The topological polar surface area (TPSA) is 69.6 Å². The summed E-state index contributed by atoms with van der Waals surface area (Å²) in [6, 6.07) is -0.534. The molecule has 0 aliphatic carbocycles. The van der Waals surface area contributed by atoms with Crippen molar-refractivity contribution in [3.63, 3.8) is 0 Å². The average Bonchev–Trinajstić information content (AvgIpc) is 3.37. The van der Waals surface area contributed by atoms with E-state index in [1.807, 2.05) is 0 Å². The lowest BCUT2D eigenvalue weighted by Crippen LogP contribution is -2.45. The number of allylic oxidation sites excluding steroid dienone is 8. The molecule has 0 aliphatic heterocycles. The Kier molecular flexibility index (Phi) is 61.2. The summed E-state index contributed by atoms with van der Waals surface area (Å²) in [5, 5.41) is 23.4. The molecule has 0 aromatic carbocycles. The summed E-state index contributed by atoms with van der Waals surface area (Å²) in [6.07, 6.45) is 87.2. The minimum absolute atomic E-state index is 0.0237. The second kappa shape index (κ2) is 62.6. The van der Waals surface area contributed by atoms with Crippen molar-refractivity contribution >= 4 is 5.91 Å². The van der Waals surface area contributed by atoms with Gasteiger partial charge in [-0.05, 0) is 51.4 Å². The maximum atomic E-state index is 12.5. The highest BCUT2D eigenvalue weighted by Crippen LogP contribution is 2.19. The first-order valence-electron chi connectivity index (χ1n) is 32.3. The van der Waals surface area contributed by atoms with Gasteiger partial charge in [0.2, 0.25) is 5.91 Å². The highest BCUT2D eigenvalue weighted by Gasteiger charge is 2.20. The van der Waals surface area contributed by atoms with Gasteiger partial charge in [0, 0.05) is 6.42 Å². The molecule has 418 valence electrons. The number of hydrogen-bond donors (Lipinski definition) is 3. The van der Waals surface area contributed by atoms with Crippen LogP contribution in [0.4, 0.5) is 0 Å². The number of aliphatic hydroxyl groups is 2. The van der Waals surface area contributed by atoms with Gasteiger partial charge in [0.25, 0.3) is 0 Å². The summed E-state index contributed by atoms with van der Waals surface area (Å²) in [5.41, 5.74) is 0. The van der Waals surface area contributed by atoms with Crippen molar-refractivity contribution in [2.75, 3.05) is 6.61 Å². The molecule has 0 aromatic rings. The Morgan fingerprint density at radius 1 is 0.352 bits per heavy atom. The van der Waals surface area contributed by atoms with Gasteiger partial charge in [-0.2, -0.15) is 0 Å². The molecule has 0 spiro atoms. The summed E-state index contributed by atoms with van der Waals surface area (Å²) in [6.45, 7) is 4.28. The molecule has 71 heavy (non-hydrogen) atoms. The van der Waals surface area contributed by atoms with Crippen LogP contribution in [0.15, 0.2) is 48.6 Å². The SMILES string of the molecule is CC/C=C\C/C=C\C/C=C\C/C=C\CCCCCCCCCCCCCCCCCCCCCCCCCCCCCCC(=O)NC(CO)C(O)CCCCCCCCCCCCCCCCCCCC. The number of nitrogens with one attached hydrogen (secondary N) is 1. The van der Waals surface area contributed by atoms with Crippen LogP contribution in [0.2, 0.25) is 0 Å². The minimum Gasteiger partial charge on any atom is -0.394 e. The Labute approximate surface area is 445 Å². The van der Waals surface area contributed by atoms with Crippen LogP contribution in [0.25, 0.3) is 0 Å². The zero-order valence-electron chi connectivity index (χ0n) is 48.3. The lowest BCUT2D eigenvalue weighted by atomic mass is 10.0. The van der Waals surface area contributed by atoms with Crippen molar-refractivity contribution in [3.8, 4) is 0 Å². The normalized spacial score (nSPS) is 13.0. The van der Waals surface area contributed by atoms with Crippen molar-refractivity contribution in [3.05, 3.63) is 48.6 Å². The van der Waals surface area contributed by atoms with E-state index in [0.29, 0.717) is 12.8 Å². The third kappa shape index (κ3) is 59.1. The summed E-state index contributed by atoms with van der Waals surface area (Å²) < 4.78 is 0. The van der Waals surface area contributed by atoms with Crippen LogP contribution in [0.1, 0.15) is 354 Å². The number of hydrogen-bond acceptors (Lipinski definition) is 3. The van der Waals surface area contributed by atoms with E-state index >= 15 is 0 Å². The molecule has 0 fully saturated rings. The predicted molar refractivity (Wildman–Crippen MR) is 318 cm³/mol. The van der Waals surface area contributed by atoms with Crippen LogP contribution in [-0.2, 0) is 4.79 Å². The van der Waals surface area contributed by atoms with Crippen molar-refractivity contribution in [1.82, 2.24) is 5.32 Å². The van der Waals surface area contributed by atoms with Gasteiger partial charge in [-0.15, -0.1) is 0 Å². The van der Waals surface area contributed by atoms with Gasteiger partial charge in [0.05, 0.1) is 18.8 Å². The van der Waals surface area contributed by atoms with Crippen LogP contribution in [0.3, 0.4) is 0 Å². The predicted octanol–water partition coefficient (Wildman–Crippen LogP) is 21.8. The molecule has 2 atom stereocenters. The van der Waals surface area contributed by atoms with Crippen molar-refractivity contribution in [2.24, 2.45) is 0 Å². The van der Waals surface area contributed by atoms with Crippen LogP contribution >= 0.6 is 0 Å². The fourth-order valence-electron chi connectivity index (χ4n) is 10.2. The molecule has 1 amide bonds. The minimum atomic E-state index is -0.658. The van der Waals surface area contributed by atoms with Crippen molar-refractivity contribution in [1.29, 1.82) is 0 Å². The van der Waals surface area contributed by atoms with Crippen LogP contribution < -0.4 is 5.32 Å². The summed E-state index contributed by atoms with van der Waals surface area (Å²) in [4.78, 5) is 12.5. The first-order chi connectivity index (χ1) is 35.2. The molecule has 4 nitrogen and oxygen atoms in total. The Morgan fingerprint density at radius 3 is 0.930 bits per heavy atom. The molecule has 0 rings (SSSR count).